The third kappa shape index (κ3) is 5.72. The molecule has 0 unspecified atom stereocenters. The molecular formula is C22H23Cl2NO4. The Bertz CT molecular complexity index is 892. The maximum atomic E-state index is 12.7. The fourth-order valence-electron chi connectivity index (χ4n) is 3.20. The van der Waals surface area contributed by atoms with Crippen LogP contribution in [-0.2, 0) is 19.1 Å². The van der Waals surface area contributed by atoms with Crippen LogP contribution in [0.15, 0.2) is 48.5 Å². The van der Waals surface area contributed by atoms with E-state index in [4.69, 9.17) is 32.7 Å². The lowest BCUT2D eigenvalue weighted by Crippen LogP contribution is -2.49. The SMILES string of the molecule is CC(C)(C)OC(=O)C[C@@H]1O[C@@H](c2cccc(Cl)c2)[C@@H](c2ccc(Cl)cc2)NC1=O. The second-order valence-corrected chi connectivity index (χ2v) is 8.80. The third-order valence-electron chi connectivity index (χ3n) is 4.38. The summed E-state index contributed by atoms with van der Waals surface area (Å²) in [4.78, 5) is 24.9. The maximum Gasteiger partial charge on any atom is 0.309 e. The minimum atomic E-state index is -0.961. The average molecular weight is 436 g/mol. The van der Waals surface area contributed by atoms with Crippen molar-refractivity contribution in [3.63, 3.8) is 0 Å². The van der Waals surface area contributed by atoms with Gasteiger partial charge in [-0.2, -0.15) is 0 Å². The molecule has 0 aliphatic carbocycles. The molecule has 7 heteroatoms. The number of hydrogen-bond acceptors (Lipinski definition) is 4. The first-order valence-corrected chi connectivity index (χ1v) is 10.1. The van der Waals surface area contributed by atoms with Gasteiger partial charge in [-0.3, -0.25) is 9.59 Å². The number of halogens is 2. The zero-order valence-corrected chi connectivity index (χ0v) is 18.0. The lowest BCUT2D eigenvalue weighted by atomic mass is 9.93. The Labute approximate surface area is 180 Å². The Hall–Kier alpha value is -2.08. The van der Waals surface area contributed by atoms with E-state index < -0.39 is 29.8 Å². The van der Waals surface area contributed by atoms with Crippen molar-refractivity contribution in [2.45, 2.75) is 51.0 Å². The largest absolute Gasteiger partial charge is 0.460 e. The van der Waals surface area contributed by atoms with Crippen molar-refractivity contribution in [2.75, 3.05) is 0 Å². The first-order valence-electron chi connectivity index (χ1n) is 9.31. The van der Waals surface area contributed by atoms with E-state index in [1.807, 2.05) is 24.3 Å². The molecule has 0 radical (unpaired) electrons. The number of carbonyl (C=O) groups excluding carboxylic acids is 2. The molecule has 1 amide bonds. The minimum Gasteiger partial charge on any atom is -0.460 e. The highest BCUT2D eigenvalue weighted by Crippen LogP contribution is 2.38. The number of esters is 1. The lowest BCUT2D eigenvalue weighted by Gasteiger charge is -2.37. The molecule has 5 nitrogen and oxygen atoms in total. The van der Waals surface area contributed by atoms with Crippen LogP contribution in [0.3, 0.4) is 0 Å². The molecule has 0 aromatic heterocycles. The summed E-state index contributed by atoms with van der Waals surface area (Å²) in [7, 11) is 0. The Morgan fingerprint density at radius 2 is 1.76 bits per heavy atom. The second-order valence-electron chi connectivity index (χ2n) is 7.93. The highest BCUT2D eigenvalue weighted by Gasteiger charge is 2.39. The first kappa shape index (κ1) is 21.6. The van der Waals surface area contributed by atoms with Gasteiger partial charge in [0.25, 0.3) is 0 Å². The van der Waals surface area contributed by atoms with Crippen LogP contribution in [0.5, 0.6) is 0 Å². The standard InChI is InChI=1S/C22H23Cl2NO4/c1-22(2,3)29-18(26)12-17-21(27)25-19(13-7-9-15(23)10-8-13)20(28-17)14-5-4-6-16(24)11-14/h4-11,17,19-20H,12H2,1-3H3,(H,25,27)/t17-,19+,20-/m0/s1. The number of carbonyl (C=O) groups is 2. The molecule has 0 saturated carbocycles. The summed E-state index contributed by atoms with van der Waals surface area (Å²) in [5.74, 6) is -0.860. The van der Waals surface area contributed by atoms with Gasteiger partial charge in [-0.1, -0.05) is 47.5 Å². The minimum absolute atomic E-state index is 0.173. The van der Waals surface area contributed by atoms with Crippen LogP contribution >= 0.6 is 23.2 Å². The summed E-state index contributed by atoms with van der Waals surface area (Å²) < 4.78 is 11.5. The van der Waals surface area contributed by atoms with Crippen molar-refractivity contribution in [2.24, 2.45) is 0 Å². The van der Waals surface area contributed by atoms with Crippen LogP contribution < -0.4 is 5.32 Å². The molecule has 1 saturated heterocycles. The predicted molar refractivity (Wildman–Crippen MR) is 112 cm³/mol. The van der Waals surface area contributed by atoms with Gasteiger partial charge in [-0.15, -0.1) is 0 Å². The number of morpholine rings is 1. The van der Waals surface area contributed by atoms with E-state index in [9.17, 15) is 9.59 Å². The second kappa shape index (κ2) is 8.74. The van der Waals surface area contributed by atoms with Crippen molar-refractivity contribution >= 4 is 35.1 Å². The van der Waals surface area contributed by atoms with Gasteiger partial charge in [0, 0.05) is 10.0 Å². The quantitative estimate of drug-likeness (QED) is 0.684. The lowest BCUT2D eigenvalue weighted by molar-refractivity contribution is -0.168. The highest BCUT2D eigenvalue weighted by molar-refractivity contribution is 6.30. The molecule has 1 heterocycles. The normalized spacial score (nSPS) is 22.1. The summed E-state index contributed by atoms with van der Waals surface area (Å²) in [6, 6.07) is 14.0. The Morgan fingerprint density at radius 3 is 2.38 bits per heavy atom. The van der Waals surface area contributed by atoms with Crippen molar-refractivity contribution in [3.8, 4) is 0 Å². The average Bonchev–Trinajstić information content (AvgIpc) is 2.62. The Balaban J connectivity index is 1.88. The summed E-state index contributed by atoms with van der Waals surface area (Å²) in [5, 5.41) is 4.13. The van der Waals surface area contributed by atoms with Crippen molar-refractivity contribution < 1.29 is 19.1 Å². The number of rotatable bonds is 4. The van der Waals surface area contributed by atoms with Gasteiger partial charge in [0.05, 0.1) is 12.5 Å². The van der Waals surface area contributed by atoms with Gasteiger partial charge in [-0.05, 0) is 56.2 Å². The fourth-order valence-corrected chi connectivity index (χ4v) is 3.52. The molecule has 0 spiro atoms. The molecule has 0 bridgehead atoms. The Kier molecular flexibility index (Phi) is 6.52. The van der Waals surface area contributed by atoms with Crippen LogP contribution in [0.4, 0.5) is 0 Å². The monoisotopic (exact) mass is 435 g/mol. The summed E-state index contributed by atoms with van der Waals surface area (Å²) >= 11 is 12.2. The number of ether oxygens (including phenoxy) is 2. The molecule has 1 aliphatic heterocycles. The predicted octanol–water partition coefficient (Wildman–Crippen LogP) is 5.02. The van der Waals surface area contributed by atoms with Gasteiger partial charge in [-0.25, -0.2) is 0 Å². The molecular weight excluding hydrogens is 413 g/mol. The molecule has 2 aromatic rings. The first-order chi connectivity index (χ1) is 13.6. The van der Waals surface area contributed by atoms with Gasteiger partial charge in [0.2, 0.25) is 5.91 Å². The molecule has 29 heavy (non-hydrogen) atoms. The van der Waals surface area contributed by atoms with Crippen LogP contribution in [0.1, 0.15) is 50.5 Å². The zero-order chi connectivity index (χ0) is 21.2. The molecule has 3 rings (SSSR count). The summed E-state index contributed by atoms with van der Waals surface area (Å²) in [6.07, 6.45) is -1.66. The third-order valence-corrected chi connectivity index (χ3v) is 4.87. The molecule has 154 valence electrons. The number of hydrogen-bond donors (Lipinski definition) is 1. The summed E-state index contributed by atoms with van der Waals surface area (Å²) in [6.45, 7) is 5.33. The molecule has 1 N–H and O–H groups in total. The van der Waals surface area contributed by atoms with Crippen molar-refractivity contribution in [1.29, 1.82) is 0 Å². The maximum absolute atomic E-state index is 12.7. The van der Waals surface area contributed by atoms with Crippen LogP contribution in [0.2, 0.25) is 10.0 Å². The van der Waals surface area contributed by atoms with Crippen LogP contribution in [0, 0.1) is 0 Å². The number of amides is 1. The molecule has 3 atom stereocenters. The zero-order valence-electron chi connectivity index (χ0n) is 16.4. The van der Waals surface area contributed by atoms with E-state index >= 15 is 0 Å². The smallest absolute Gasteiger partial charge is 0.309 e. The topological polar surface area (TPSA) is 64.6 Å². The van der Waals surface area contributed by atoms with E-state index in [0.717, 1.165) is 11.1 Å². The van der Waals surface area contributed by atoms with Gasteiger partial charge >= 0.3 is 5.97 Å². The molecule has 1 aliphatic rings. The highest BCUT2D eigenvalue weighted by atomic mass is 35.5. The van der Waals surface area contributed by atoms with Crippen molar-refractivity contribution in [3.05, 3.63) is 69.7 Å². The van der Waals surface area contributed by atoms with Gasteiger partial charge in [0.15, 0.2) is 0 Å². The van der Waals surface area contributed by atoms with E-state index in [1.54, 1.807) is 45.0 Å². The number of nitrogens with one attached hydrogen (secondary N) is 1. The van der Waals surface area contributed by atoms with Crippen molar-refractivity contribution in [1.82, 2.24) is 5.32 Å². The van der Waals surface area contributed by atoms with E-state index in [-0.39, 0.29) is 12.3 Å². The van der Waals surface area contributed by atoms with E-state index in [0.29, 0.717) is 10.0 Å². The Morgan fingerprint density at radius 1 is 1.07 bits per heavy atom. The van der Waals surface area contributed by atoms with Crippen LogP contribution in [0.25, 0.3) is 0 Å². The molecule has 2 aromatic carbocycles. The summed E-state index contributed by atoms with van der Waals surface area (Å²) in [5.41, 5.74) is 0.996. The van der Waals surface area contributed by atoms with Gasteiger partial charge < -0.3 is 14.8 Å². The van der Waals surface area contributed by atoms with Gasteiger partial charge in [0.1, 0.15) is 17.8 Å². The molecule has 1 fully saturated rings. The van der Waals surface area contributed by atoms with E-state index in [2.05, 4.69) is 5.32 Å². The van der Waals surface area contributed by atoms with Crippen LogP contribution in [-0.4, -0.2) is 23.6 Å². The van der Waals surface area contributed by atoms with E-state index in [1.165, 1.54) is 0 Å². The number of benzene rings is 2. The fraction of sp³-hybridized carbons (Fsp3) is 0.364.